The number of aliphatic carboxylic acids is 1. The monoisotopic (exact) mass is 780 g/mol. The average Bonchev–Trinajstić information content (AvgIpc) is 3.84. The largest absolute Gasteiger partial charge is 0.478 e. The fourth-order valence-corrected chi connectivity index (χ4v) is 5.87. The van der Waals surface area contributed by atoms with E-state index in [0.717, 1.165) is 100 Å². The van der Waals surface area contributed by atoms with Crippen molar-refractivity contribution in [3.05, 3.63) is 83.5 Å². The first-order chi connectivity index (χ1) is 26.6. The molecule has 4 heterocycles. The van der Waals surface area contributed by atoms with E-state index in [0.29, 0.717) is 11.4 Å². The number of nitrogens with one attached hydrogen (secondary N) is 1. The number of amides is 1. The predicted molar refractivity (Wildman–Crippen MR) is 208 cm³/mol. The van der Waals surface area contributed by atoms with Gasteiger partial charge in [-0.2, -0.15) is 13.2 Å². The van der Waals surface area contributed by atoms with Gasteiger partial charge in [0.15, 0.2) is 11.6 Å². The van der Waals surface area contributed by atoms with Crippen LogP contribution in [0.3, 0.4) is 0 Å². The molecule has 15 nitrogen and oxygen atoms in total. The van der Waals surface area contributed by atoms with E-state index in [1.165, 1.54) is 29.6 Å². The maximum Gasteiger partial charge on any atom is 0.416 e. The van der Waals surface area contributed by atoms with E-state index in [2.05, 4.69) is 81.3 Å². The van der Waals surface area contributed by atoms with Gasteiger partial charge >= 0.3 is 12.1 Å². The number of hydrazine groups is 2. The van der Waals surface area contributed by atoms with Gasteiger partial charge in [0.1, 0.15) is 12.7 Å². The minimum absolute atomic E-state index is 0.0826. The smallest absolute Gasteiger partial charge is 0.416 e. The first kappa shape index (κ1) is 43.5. The van der Waals surface area contributed by atoms with Gasteiger partial charge in [0.25, 0.3) is 5.91 Å². The van der Waals surface area contributed by atoms with Crippen LogP contribution < -0.4 is 11.3 Å². The molecule has 0 unspecified atom stereocenters. The maximum absolute atomic E-state index is 12.8. The van der Waals surface area contributed by atoms with Gasteiger partial charge in [-0.15, -0.1) is 10.2 Å². The van der Waals surface area contributed by atoms with E-state index in [1.54, 1.807) is 24.1 Å². The Bertz CT molecular complexity index is 1920. The number of nitrogens with two attached hydrogens (primary N) is 1. The third-order valence-corrected chi connectivity index (χ3v) is 8.85. The Morgan fingerprint density at radius 3 is 1.68 bits per heavy atom. The summed E-state index contributed by atoms with van der Waals surface area (Å²) < 4.78 is 40.9. The molecule has 1 amide bonds. The molecule has 0 radical (unpaired) electrons. The van der Waals surface area contributed by atoms with Crippen molar-refractivity contribution in [3.8, 4) is 22.8 Å². The lowest BCUT2D eigenvalue weighted by molar-refractivity contribution is -0.137. The molecule has 0 saturated carbocycles. The van der Waals surface area contributed by atoms with Crippen LogP contribution in [-0.2, 0) is 15.8 Å². The number of carbonyl (C=O) groups is 2. The zero-order valence-electron chi connectivity index (χ0n) is 32.4. The van der Waals surface area contributed by atoms with Crippen LogP contribution in [-0.4, -0.2) is 132 Å². The number of alkyl halides is 3. The normalized spacial score (nSPS) is 16.0. The molecule has 2 aliphatic rings. The standard InChI is InChI=1S/C19H26N6O.C13H10F3N3O2.C6H15N3/c1-4-23-7-9-24(10-8-23)21-18(26)5-6-25-14-20-19(22-25)17-12-15(2)11-16(3)13-17;1-8-4-9(6-10(5-8)13(14,15)16)12-17-7-19(18-12)3-2-11(20)21;1-2-8-3-5-9(7)6-4-8/h5-6,11-14H,4,7-10H2,1-3H3,(H,21,26);2-7H,1H3,(H,20,21);2-7H2,1H3/b6-5-;3-2-;. The van der Waals surface area contributed by atoms with Crippen LogP contribution in [0.25, 0.3) is 35.2 Å². The summed E-state index contributed by atoms with van der Waals surface area (Å²) in [5.74, 6) is 4.97. The highest BCUT2D eigenvalue weighted by atomic mass is 19.4. The summed E-state index contributed by atoms with van der Waals surface area (Å²) in [5.41, 5.74) is 6.10. The van der Waals surface area contributed by atoms with Crippen LogP contribution in [0.1, 0.15) is 36.1 Å². The zero-order chi connectivity index (χ0) is 40.8. The number of hydrogen-bond donors (Lipinski definition) is 3. The summed E-state index contributed by atoms with van der Waals surface area (Å²) in [6.07, 6.45) is 3.45. The average molecular weight is 781 g/mol. The lowest BCUT2D eigenvalue weighted by Crippen LogP contribution is -2.53. The molecule has 4 N–H and O–H groups in total. The number of carboxylic acid groups (broad SMARTS) is 1. The first-order valence-electron chi connectivity index (χ1n) is 18.3. The van der Waals surface area contributed by atoms with Crippen molar-refractivity contribution in [3.63, 3.8) is 0 Å². The van der Waals surface area contributed by atoms with E-state index in [9.17, 15) is 22.8 Å². The van der Waals surface area contributed by atoms with Crippen LogP contribution in [0.15, 0.2) is 61.2 Å². The molecule has 0 aliphatic carbocycles. The van der Waals surface area contributed by atoms with Crippen LogP contribution in [0.2, 0.25) is 0 Å². The Hall–Kier alpha value is -5.27. The van der Waals surface area contributed by atoms with Gasteiger partial charge in [0.05, 0.1) is 5.56 Å². The second-order valence-corrected chi connectivity index (χ2v) is 13.4. The van der Waals surface area contributed by atoms with E-state index < -0.39 is 17.7 Å². The molecule has 0 spiro atoms. The Labute approximate surface area is 324 Å². The van der Waals surface area contributed by atoms with Gasteiger partial charge in [0, 0.05) is 88.0 Å². The predicted octanol–water partition coefficient (Wildman–Crippen LogP) is 4.03. The fraction of sp³-hybridized carbons (Fsp3) is 0.421. The lowest BCUT2D eigenvalue weighted by Gasteiger charge is -2.33. The molecule has 56 heavy (non-hydrogen) atoms. The molecule has 2 aliphatic heterocycles. The van der Waals surface area contributed by atoms with Gasteiger partial charge < -0.3 is 14.9 Å². The summed E-state index contributed by atoms with van der Waals surface area (Å²) in [7, 11) is 0. The quantitative estimate of drug-likeness (QED) is 0.165. The second-order valence-electron chi connectivity index (χ2n) is 13.4. The van der Waals surface area contributed by atoms with Gasteiger partial charge in [0.2, 0.25) is 0 Å². The number of aryl methyl sites for hydroxylation is 3. The molecule has 2 aromatic heterocycles. The Kier molecular flexibility index (Phi) is 16.0. The van der Waals surface area contributed by atoms with Crippen molar-refractivity contribution in [1.29, 1.82) is 0 Å². The van der Waals surface area contributed by atoms with Crippen LogP contribution in [0.5, 0.6) is 0 Å². The number of benzene rings is 2. The topological polar surface area (TPSA) is 167 Å². The molecule has 4 aromatic rings. The second kappa shape index (κ2) is 20.6. The molecule has 2 fully saturated rings. The number of rotatable bonds is 9. The summed E-state index contributed by atoms with van der Waals surface area (Å²) in [6, 6.07) is 9.73. The number of aromatic nitrogens is 6. The molecule has 0 bridgehead atoms. The zero-order valence-corrected chi connectivity index (χ0v) is 32.4. The molecule has 302 valence electrons. The van der Waals surface area contributed by atoms with E-state index in [1.807, 2.05) is 10.0 Å². The van der Waals surface area contributed by atoms with Crippen molar-refractivity contribution >= 4 is 24.3 Å². The highest BCUT2D eigenvalue weighted by Gasteiger charge is 2.31. The van der Waals surface area contributed by atoms with E-state index >= 15 is 0 Å². The molecular formula is C38H51F3N12O3. The number of hydrogen-bond acceptors (Lipinski definition) is 11. The fourth-order valence-electron chi connectivity index (χ4n) is 5.87. The summed E-state index contributed by atoms with van der Waals surface area (Å²) in [4.78, 5) is 35.4. The molecule has 0 atom stereocenters. The van der Waals surface area contributed by atoms with Crippen molar-refractivity contribution in [2.45, 2.75) is 40.8 Å². The lowest BCUT2D eigenvalue weighted by atomic mass is 10.1. The summed E-state index contributed by atoms with van der Waals surface area (Å²) in [5, 5.41) is 20.7. The van der Waals surface area contributed by atoms with Crippen LogP contribution >= 0.6 is 0 Å². The Balaban J connectivity index is 0.000000207. The van der Waals surface area contributed by atoms with Crippen molar-refractivity contribution in [2.24, 2.45) is 5.84 Å². The maximum atomic E-state index is 12.8. The van der Waals surface area contributed by atoms with Crippen LogP contribution in [0.4, 0.5) is 13.2 Å². The highest BCUT2D eigenvalue weighted by molar-refractivity contribution is 5.89. The molecular weight excluding hydrogens is 729 g/mol. The molecule has 18 heteroatoms. The minimum atomic E-state index is -4.45. The third-order valence-electron chi connectivity index (χ3n) is 8.85. The molecule has 2 aromatic carbocycles. The molecule has 2 saturated heterocycles. The number of carbonyl (C=O) groups excluding carboxylic acids is 1. The van der Waals surface area contributed by atoms with E-state index in [-0.39, 0.29) is 17.3 Å². The Morgan fingerprint density at radius 2 is 1.20 bits per heavy atom. The van der Waals surface area contributed by atoms with Crippen molar-refractivity contribution in [2.75, 3.05) is 65.4 Å². The van der Waals surface area contributed by atoms with Gasteiger partial charge in [-0.3, -0.25) is 16.1 Å². The van der Waals surface area contributed by atoms with Crippen molar-refractivity contribution in [1.82, 2.24) is 54.8 Å². The first-order valence-corrected chi connectivity index (χ1v) is 18.3. The highest BCUT2D eigenvalue weighted by Crippen LogP contribution is 2.32. The minimum Gasteiger partial charge on any atom is -0.478 e. The summed E-state index contributed by atoms with van der Waals surface area (Å²) >= 11 is 0. The number of likely N-dealkylation sites (N-methyl/N-ethyl adjacent to an activating group) is 2. The van der Waals surface area contributed by atoms with E-state index in [4.69, 9.17) is 10.9 Å². The number of piperazine rings is 2. The number of carboxylic acids is 1. The third kappa shape index (κ3) is 14.1. The number of nitrogens with zero attached hydrogens (tertiary/aromatic N) is 10. The Morgan fingerprint density at radius 1 is 0.732 bits per heavy atom. The number of halogens is 3. The summed E-state index contributed by atoms with van der Waals surface area (Å²) in [6.45, 7) is 20.1. The van der Waals surface area contributed by atoms with Gasteiger partial charge in [-0.05, 0) is 69.8 Å². The SMILES string of the molecule is CCN1CCN(N)CC1.CCN1CCN(NC(=O)/C=C\n2cnc(-c3cc(C)cc(C)c3)n2)CC1.Cc1cc(-c2ncn(/C=C\C(=O)O)n2)cc(C(F)(F)F)c1. The van der Waals surface area contributed by atoms with Gasteiger partial charge in [-0.1, -0.05) is 31.0 Å². The van der Waals surface area contributed by atoms with Crippen molar-refractivity contribution < 1.29 is 27.9 Å². The van der Waals surface area contributed by atoms with Gasteiger partial charge in [-0.25, -0.2) is 34.1 Å². The van der Waals surface area contributed by atoms with Crippen LogP contribution in [0, 0.1) is 20.8 Å². The molecule has 6 rings (SSSR count).